The summed E-state index contributed by atoms with van der Waals surface area (Å²) in [5.41, 5.74) is 1.95. The van der Waals surface area contributed by atoms with Crippen molar-refractivity contribution < 1.29 is 18.7 Å². The van der Waals surface area contributed by atoms with Gasteiger partial charge in [-0.2, -0.15) is 5.10 Å². The van der Waals surface area contributed by atoms with Gasteiger partial charge in [-0.3, -0.25) is 9.89 Å². The topological polar surface area (TPSA) is 87.3 Å². The molecular formula is C23H33FN4O3. The predicted molar refractivity (Wildman–Crippen MR) is 118 cm³/mol. The first kappa shape index (κ1) is 24.4. The largest absolute Gasteiger partial charge is 0.444 e. The minimum atomic E-state index is -0.553. The van der Waals surface area contributed by atoms with Crippen molar-refractivity contribution in [3.05, 3.63) is 41.8 Å². The monoisotopic (exact) mass is 432 g/mol. The summed E-state index contributed by atoms with van der Waals surface area (Å²) in [6.07, 6.45) is 3.41. The number of alkyl carbamates (subject to hydrolysis) is 1. The first-order valence-electron chi connectivity index (χ1n) is 10.6. The van der Waals surface area contributed by atoms with Crippen molar-refractivity contribution in [3.8, 4) is 11.3 Å². The number of nitrogens with zero attached hydrogens (tertiary/aromatic N) is 2. The van der Waals surface area contributed by atoms with Gasteiger partial charge in [0, 0.05) is 37.8 Å². The highest BCUT2D eigenvalue weighted by molar-refractivity contribution is 5.77. The number of H-pyrrole nitrogens is 1. The van der Waals surface area contributed by atoms with Crippen LogP contribution < -0.4 is 5.32 Å². The molecule has 170 valence electrons. The van der Waals surface area contributed by atoms with Crippen molar-refractivity contribution in [1.29, 1.82) is 0 Å². The molecule has 0 saturated heterocycles. The van der Waals surface area contributed by atoms with E-state index >= 15 is 0 Å². The average molecular weight is 433 g/mol. The Morgan fingerprint density at radius 3 is 2.68 bits per heavy atom. The molecule has 0 fully saturated rings. The Kier molecular flexibility index (Phi) is 9.03. The van der Waals surface area contributed by atoms with Crippen LogP contribution in [0.25, 0.3) is 11.3 Å². The molecule has 0 bridgehead atoms. The van der Waals surface area contributed by atoms with Gasteiger partial charge < -0.3 is 15.0 Å². The van der Waals surface area contributed by atoms with Gasteiger partial charge in [0.05, 0.1) is 5.69 Å². The van der Waals surface area contributed by atoms with Crippen LogP contribution in [0.15, 0.2) is 30.3 Å². The molecule has 0 aliphatic rings. The molecule has 8 heteroatoms. The van der Waals surface area contributed by atoms with E-state index in [0.29, 0.717) is 6.54 Å². The van der Waals surface area contributed by atoms with Gasteiger partial charge in [0.1, 0.15) is 11.4 Å². The maximum atomic E-state index is 13.3. The summed E-state index contributed by atoms with van der Waals surface area (Å²) in [6, 6.07) is 8.33. The highest BCUT2D eigenvalue weighted by Crippen LogP contribution is 2.19. The molecule has 2 rings (SSSR count). The number of unbranched alkanes of at least 4 members (excludes halogenated alkanes) is 2. The molecule has 31 heavy (non-hydrogen) atoms. The zero-order chi connectivity index (χ0) is 22.9. The van der Waals surface area contributed by atoms with Crippen LogP contribution in [0.3, 0.4) is 0 Å². The first-order chi connectivity index (χ1) is 14.6. The molecular weight excluding hydrogens is 399 g/mol. The quantitative estimate of drug-likeness (QED) is 0.548. The van der Waals surface area contributed by atoms with Crippen LogP contribution in [-0.2, 0) is 16.0 Å². The summed E-state index contributed by atoms with van der Waals surface area (Å²) < 4.78 is 18.5. The second-order valence-corrected chi connectivity index (χ2v) is 8.59. The summed E-state index contributed by atoms with van der Waals surface area (Å²) >= 11 is 0. The number of carbonyl (C=O) groups is 2. The van der Waals surface area contributed by atoms with E-state index in [1.54, 1.807) is 38.8 Å². The lowest BCUT2D eigenvalue weighted by Gasteiger charge is -2.20. The van der Waals surface area contributed by atoms with Crippen LogP contribution in [0.1, 0.15) is 52.1 Å². The molecule has 2 aromatic rings. The smallest absolute Gasteiger partial charge is 0.407 e. The maximum absolute atomic E-state index is 13.3. The lowest BCUT2D eigenvalue weighted by atomic mass is 10.1. The molecule has 1 aromatic carbocycles. The predicted octanol–water partition coefficient (Wildman–Crippen LogP) is 4.30. The number of amides is 2. The van der Waals surface area contributed by atoms with E-state index in [1.165, 1.54) is 12.1 Å². The van der Waals surface area contributed by atoms with Gasteiger partial charge in [-0.05, 0) is 58.2 Å². The van der Waals surface area contributed by atoms with E-state index in [-0.39, 0.29) is 24.7 Å². The highest BCUT2D eigenvalue weighted by Gasteiger charge is 2.16. The molecule has 0 aliphatic heterocycles. The fraction of sp³-hybridized carbons (Fsp3) is 0.522. The summed E-state index contributed by atoms with van der Waals surface area (Å²) in [5, 5.41) is 9.86. The maximum Gasteiger partial charge on any atom is 0.407 e. The molecule has 0 radical (unpaired) electrons. The third kappa shape index (κ3) is 9.19. The van der Waals surface area contributed by atoms with Crippen LogP contribution in [0.5, 0.6) is 0 Å². The zero-order valence-electron chi connectivity index (χ0n) is 18.8. The standard InChI is InChI=1S/C23H33FN4O3/c1-23(2,3)31-22(30)25-13-12-21(29)28(4)14-7-5-6-11-19-16-20(27-26-19)17-9-8-10-18(24)15-17/h8-10,15-16H,5-7,11-14H2,1-4H3,(H,25,30)(H,26,27). The number of nitrogens with one attached hydrogen (secondary N) is 2. The fourth-order valence-corrected chi connectivity index (χ4v) is 3.03. The molecule has 0 spiro atoms. The lowest BCUT2D eigenvalue weighted by Crippen LogP contribution is -2.35. The Hall–Kier alpha value is -2.90. The fourth-order valence-electron chi connectivity index (χ4n) is 3.03. The van der Waals surface area contributed by atoms with Crippen molar-refractivity contribution in [2.45, 2.75) is 58.5 Å². The van der Waals surface area contributed by atoms with Gasteiger partial charge in [0.25, 0.3) is 0 Å². The van der Waals surface area contributed by atoms with E-state index in [1.807, 2.05) is 12.1 Å². The molecule has 7 nitrogen and oxygen atoms in total. The zero-order valence-corrected chi connectivity index (χ0v) is 18.8. The van der Waals surface area contributed by atoms with Crippen LogP contribution in [-0.4, -0.2) is 52.8 Å². The Morgan fingerprint density at radius 1 is 1.19 bits per heavy atom. The van der Waals surface area contributed by atoms with Gasteiger partial charge in [0.15, 0.2) is 0 Å². The molecule has 0 saturated carbocycles. The minimum Gasteiger partial charge on any atom is -0.444 e. The van der Waals surface area contributed by atoms with Crippen LogP contribution in [0.2, 0.25) is 0 Å². The van der Waals surface area contributed by atoms with Gasteiger partial charge in [0.2, 0.25) is 5.91 Å². The van der Waals surface area contributed by atoms with Gasteiger partial charge in [-0.15, -0.1) is 0 Å². The molecule has 0 aliphatic carbocycles. The number of hydrogen-bond donors (Lipinski definition) is 2. The van der Waals surface area contributed by atoms with E-state index in [0.717, 1.165) is 42.6 Å². The van der Waals surface area contributed by atoms with Gasteiger partial charge in [-0.1, -0.05) is 18.6 Å². The van der Waals surface area contributed by atoms with E-state index in [9.17, 15) is 14.0 Å². The first-order valence-corrected chi connectivity index (χ1v) is 10.6. The summed E-state index contributed by atoms with van der Waals surface area (Å²) in [6.45, 7) is 6.30. The number of carbonyl (C=O) groups excluding carboxylic acids is 2. The second kappa shape index (κ2) is 11.5. The number of hydrogen-bond acceptors (Lipinski definition) is 4. The number of aromatic amines is 1. The van der Waals surface area contributed by atoms with Crippen LogP contribution in [0.4, 0.5) is 9.18 Å². The molecule has 1 heterocycles. The number of ether oxygens (including phenoxy) is 1. The number of halogens is 1. The number of aromatic nitrogens is 2. The van der Waals surface area contributed by atoms with Crippen LogP contribution >= 0.6 is 0 Å². The molecule has 1 aromatic heterocycles. The third-order valence-corrected chi connectivity index (χ3v) is 4.62. The average Bonchev–Trinajstić information content (AvgIpc) is 3.15. The Balaban J connectivity index is 1.60. The molecule has 2 N–H and O–H groups in total. The molecule has 2 amide bonds. The van der Waals surface area contributed by atoms with Crippen molar-refractivity contribution in [2.24, 2.45) is 0 Å². The van der Waals surface area contributed by atoms with Crippen molar-refractivity contribution in [3.63, 3.8) is 0 Å². The van der Waals surface area contributed by atoms with E-state index in [2.05, 4.69) is 15.5 Å². The van der Waals surface area contributed by atoms with Crippen molar-refractivity contribution >= 4 is 12.0 Å². The normalized spacial score (nSPS) is 11.3. The van der Waals surface area contributed by atoms with E-state index < -0.39 is 11.7 Å². The number of rotatable bonds is 10. The van der Waals surface area contributed by atoms with Gasteiger partial charge >= 0.3 is 6.09 Å². The lowest BCUT2D eigenvalue weighted by molar-refractivity contribution is -0.129. The Bertz CT molecular complexity index is 861. The highest BCUT2D eigenvalue weighted by atomic mass is 19.1. The summed E-state index contributed by atoms with van der Waals surface area (Å²) in [5.74, 6) is -0.286. The molecule has 0 unspecified atom stereocenters. The van der Waals surface area contributed by atoms with E-state index in [4.69, 9.17) is 4.74 Å². The summed E-state index contributed by atoms with van der Waals surface area (Å²) in [4.78, 5) is 25.4. The minimum absolute atomic E-state index is 0.00985. The summed E-state index contributed by atoms with van der Waals surface area (Å²) in [7, 11) is 1.77. The van der Waals surface area contributed by atoms with Crippen molar-refractivity contribution in [1.82, 2.24) is 20.4 Å². The SMILES string of the molecule is CN(CCCCCc1cc(-c2cccc(F)c2)n[nH]1)C(=O)CCNC(=O)OC(C)(C)C. The Labute approximate surface area is 183 Å². The molecule has 0 atom stereocenters. The van der Waals surface area contributed by atoms with Crippen molar-refractivity contribution in [2.75, 3.05) is 20.1 Å². The second-order valence-electron chi connectivity index (χ2n) is 8.59. The van der Waals surface area contributed by atoms with Gasteiger partial charge in [-0.25, -0.2) is 9.18 Å². The Morgan fingerprint density at radius 2 is 1.97 bits per heavy atom. The third-order valence-electron chi connectivity index (χ3n) is 4.62. The number of aryl methyl sites for hydroxylation is 1. The van der Waals surface area contributed by atoms with Crippen LogP contribution in [0, 0.1) is 5.82 Å². The number of benzene rings is 1.